The van der Waals surface area contributed by atoms with E-state index >= 15 is 0 Å². The monoisotopic (exact) mass is 336 g/mol. The number of sulfonamides is 1. The average Bonchev–Trinajstić information content (AvgIpc) is 2.50. The molecule has 0 saturated carbocycles. The molecule has 0 aliphatic carbocycles. The van der Waals surface area contributed by atoms with Gasteiger partial charge in [-0.15, -0.1) is 0 Å². The van der Waals surface area contributed by atoms with Gasteiger partial charge in [-0.25, -0.2) is 12.7 Å². The van der Waals surface area contributed by atoms with Crippen LogP contribution in [0.15, 0.2) is 52.3 Å². The van der Waals surface area contributed by atoms with Crippen LogP contribution in [0.2, 0.25) is 0 Å². The van der Waals surface area contributed by atoms with Crippen molar-refractivity contribution in [2.75, 3.05) is 20.7 Å². The number of ether oxygens (including phenoxy) is 1. The summed E-state index contributed by atoms with van der Waals surface area (Å²) in [5.41, 5.74) is 0.736. The van der Waals surface area contributed by atoms with Crippen LogP contribution in [0.25, 0.3) is 0 Å². The molecule has 0 amide bonds. The number of rotatable bonds is 6. The molecule has 7 heteroatoms. The van der Waals surface area contributed by atoms with Crippen LogP contribution in [-0.4, -0.2) is 38.0 Å². The molecule has 0 fully saturated rings. The molecule has 0 radical (unpaired) electrons. The standard InChI is InChI=1S/C16H20N2O4S/c1-13-6-4-5-7-15(13)22-11-10-18-12-14(8-9-16(18)19)23(20,21)17(2)3/h4-9,12H,10-11H2,1-3H3. The van der Waals surface area contributed by atoms with E-state index < -0.39 is 10.0 Å². The molecule has 0 aliphatic heterocycles. The molecule has 0 spiro atoms. The van der Waals surface area contributed by atoms with E-state index in [0.29, 0.717) is 0 Å². The van der Waals surface area contributed by atoms with Crippen LogP contribution in [0.4, 0.5) is 0 Å². The summed E-state index contributed by atoms with van der Waals surface area (Å²) >= 11 is 0. The molecule has 1 heterocycles. The molecule has 1 aromatic carbocycles. The van der Waals surface area contributed by atoms with Gasteiger partial charge in [0.25, 0.3) is 5.56 Å². The third kappa shape index (κ3) is 4.00. The topological polar surface area (TPSA) is 68.6 Å². The molecule has 2 aromatic rings. The van der Waals surface area contributed by atoms with Crippen LogP contribution in [0.3, 0.4) is 0 Å². The van der Waals surface area contributed by atoms with E-state index in [1.807, 2.05) is 31.2 Å². The van der Waals surface area contributed by atoms with Crippen LogP contribution in [0, 0.1) is 6.92 Å². The van der Waals surface area contributed by atoms with Crippen molar-refractivity contribution >= 4 is 10.0 Å². The Morgan fingerprint density at radius 3 is 2.48 bits per heavy atom. The zero-order valence-electron chi connectivity index (χ0n) is 13.4. The number of benzene rings is 1. The summed E-state index contributed by atoms with van der Waals surface area (Å²) in [6.07, 6.45) is 1.35. The number of aromatic nitrogens is 1. The Labute approximate surface area is 136 Å². The maximum absolute atomic E-state index is 12.1. The zero-order chi connectivity index (χ0) is 17.0. The van der Waals surface area contributed by atoms with Crippen molar-refractivity contribution in [2.24, 2.45) is 0 Å². The van der Waals surface area contributed by atoms with Crippen molar-refractivity contribution in [3.8, 4) is 5.75 Å². The number of nitrogens with zero attached hydrogens (tertiary/aromatic N) is 2. The van der Waals surface area contributed by atoms with Gasteiger partial charge in [-0.05, 0) is 24.6 Å². The molecular weight excluding hydrogens is 316 g/mol. The second-order valence-corrected chi connectivity index (χ2v) is 7.45. The van der Waals surface area contributed by atoms with Gasteiger partial charge in [0.2, 0.25) is 10.0 Å². The lowest BCUT2D eigenvalue weighted by atomic mass is 10.2. The number of aryl methyl sites for hydroxylation is 1. The number of hydrogen-bond donors (Lipinski definition) is 0. The summed E-state index contributed by atoms with van der Waals surface area (Å²) < 4.78 is 32.3. The Kier molecular flexibility index (Phi) is 5.23. The second kappa shape index (κ2) is 6.97. The zero-order valence-corrected chi connectivity index (χ0v) is 14.2. The highest BCUT2D eigenvalue weighted by atomic mass is 32.2. The summed E-state index contributed by atoms with van der Waals surface area (Å²) in [7, 11) is -0.666. The van der Waals surface area contributed by atoms with Crippen LogP contribution >= 0.6 is 0 Å². The van der Waals surface area contributed by atoms with Crippen molar-refractivity contribution in [1.29, 1.82) is 0 Å². The first-order chi connectivity index (χ1) is 10.8. The largest absolute Gasteiger partial charge is 0.491 e. The lowest BCUT2D eigenvalue weighted by Gasteiger charge is -2.14. The van der Waals surface area contributed by atoms with E-state index in [0.717, 1.165) is 15.6 Å². The average molecular weight is 336 g/mol. The van der Waals surface area contributed by atoms with Gasteiger partial charge < -0.3 is 9.30 Å². The van der Waals surface area contributed by atoms with E-state index in [-0.39, 0.29) is 23.6 Å². The van der Waals surface area contributed by atoms with E-state index in [2.05, 4.69) is 0 Å². The molecule has 1 aromatic heterocycles. The van der Waals surface area contributed by atoms with Crippen LogP contribution in [0.5, 0.6) is 5.75 Å². The Hall–Kier alpha value is -2.12. The molecular formula is C16H20N2O4S. The van der Waals surface area contributed by atoms with Gasteiger partial charge >= 0.3 is 0 Å². The predicted octanol–water partition coefficient (Wildman–Crippen LogP) is 1.49. The van der Waals surface area contributed by atoms with Gasteiger partial charge in [0.15, 0.2) is 0 Å². The third-order valence-electron chi connectivity index (χ3n) is 3.42. The predicted molar refractivity (Wildman–Crippen MR) is 88.2 cm³/mol. The fourth-order valence-corrected chi connectivity index (χ4v) is 2.94. The van der Waals surface area contributed by atoms with Crippen molar-refractivity contribution in [3.05, 3.63) is 58.5 Å². The van der Waals surface area contributed by atoms with Gasteiger partial charge in [-0.3, -0.25) is 4.79 Å². The Bertz CT molecular complexity index is 841. The first-order valence-electron chi connectivity index (χ1n) is 7.14. The van der Waals surface area contributed by atoms with Crippen molar-refractivity contribution in [1.82, 2.24) is 8.87 Å². The van der Waals surface area contributed by atoms with Crippen LogP contribution in [0.1, 0.15) is 5.56 Å². The molecule has 2 rings (SSSR count). The summed E-state index contributed by atoms with van der Waals surface area (Å²) in [5, 5.41) is 0. The van der Waals surface area contributed by atoms with E-state index in [1.165, 1.54) is 37.0 Å². The van der Waals surface area contributed by atoms with Crippen molar-refractivity contribution in [2.45, 2.75) is 18.4 Å². The number of pyridine rings is 1. The highest BCUT2D eigenvalue weighted by Crippen LogP contribution is 2.16. The maximum Gasteiger partial charge on any atom is 0.250 e. The number of para-hydroxylation sites is 1. The summed E-state index contributed by atoms with van der Waals surface area (Å²) in [6.45, 7) is 2.48. The second-order valence-electron chi connectivity index (χ2n) is 5.30. The van der Waals surface area contributed by atoms with Crippen molar-refractivity contribution < 1.29 is 13.2 Å². The highest BCUT2D eigenvalue weighted by Gasteiger charge is 2.18. The van der Waals surface area contributed by atoms with Crippen LogP contribution in [-0.2, 0) is 16.6 Å². The molecule has 0 bridgehead atoms. The van der Waals surface area contributed by atoms with E-state index in [9.17, 15) is 13.2 Å². The molecule has 0 unspecified atom stereocenters. The molecule has 0 saturated heterocycles. The first kappa shape index (κ1) is 17.2. The Morgan fingerprint density at radius 2 is 1.83 bits per heavy atom. The lowest BCUT2D eigenvalue weighted by molar-refractivity contribution is 0.294. The van der Waals surface area contributed by atoms with E-state index in [1.54, 1.807) is 0 Å². The first-order valence-corrected chi connectivity index (χ1v) is 8.58. The van der Waals surface area contributed by atoms with E-state index in [4.69, 9.17) is 4.74 Å². The minimum atomic E-state index is -3.57. The molecule has 0 aliphatic rings. The van der Waals surface area contributed by atoms with Gasteiger partial charge in [0.1, 0.15) is 12.4 Å². The van der Waals surface area contributed by atoms with Gasteiger partial charge in [0.05, 0.1) is 11.4 Å². The fraction of sp³-hybridized carbons (Fsp3) is 0.312. The number of hydrogen-bond acceptors (Lipinski definition) is 4. The van der Waals surface area contributed by atoms with Crippen LogP contribution < -0.4 is 10.3 Å². The summed E-state index contributed by atoms with van der Waals surface area (Å²) in [4.78, 5) is 12.0. The van der Waals surface area contributed by atoms with Gasteiger partial charge in [0, 0.05) is 26.4 Å². The Balaban J connectivity index is 2.15. The highest BCUT2D eigenvalue weighted by molar-refractivity contribution is 7.89. The minimum absolute atomic E-state index is 0.0815. The molecule has 23 heavy (non-hydrogen) atoms. The SMILES string of the molecule is Cc1ccccc1OCCn1cc(S(=O)(=O)N(C)C)ccc1=O. The third-order valence-corrected chi connectivity index (χ3v) is 5.22. The van der Waals surface area contributed by atoms with Gasteiger partial charge in [-0.2, -0.15) is 0 Å². The molecule has 0 N–H and O–H groups in total. The van der Waals surface area contributed by atoms with Crippen molar-refractivity contribution in [3.63, 3.8) is 0 Å². The summed E-state index contributed by atoms with van der Waals surface area (Å²) in [6, 6.07) is 10.2. The normalized spacial score (nSPS) is 11.7. The Morgan fingerprint density at radius 1 is 1.13 bits per heavy atom. The van der Waals surface area contributed by atoms with Gasteiger partial charge in [-0.1, -0.05) is 18.2 Å². The maximum atomic E-state index is 12.1. The quantitative estimate of drug-likeness (QED) is 0.801. The lowest BCUT2D eigenvalue weighted by Crippen LogP contribution is -2.27. The summed E-state index contributed by atoms with van der Waals surface area (Å²) in [5.74, 6) is 0.748. The fourth-order valence-electron chi connectivity index (χ4n) is 2.02. The molecule has 124 valence electrons. The molecule has 0 atom stereocenters. The molecule has 6 nitrogen and oxygen atoms in total. The smallest absolute Gasteiger partial charge is 0.250 e. The minimum Gasteiger partial charge on any atom is -0.491 e.